The molecule has 0 aromatic heterocycles. The van der Waals surface area contributed by atoms with Crippen LogP contribution in [0.4, 0.5) is 0 Å². The Hall–Kier alpha value is -0.730. The van der Waals surface area contributed by atoms with Crippen LogP contribution in [0.15, 0.2) is 18.2 Å². The molecule has 0 saturated heterocycles. The molecule has 0 heterocycles. The number of unbranched alkanes of at least 4 members (excludes halogenated alkanes) is 2. The standard InChI is InChI=1S/C15H22ClNO/c1-12-11-13(16)5-8-15(12)18-10-4-2-3-9-17-14-6-7-14/h5,8,11,14,17H,2-4,6-7,9-10H2,1H3. The van der Waals surface area contributed by atoms with Gasteiger partial charge in [0.05, 0.1) is 6.61 Å². The van der Waals surface area contributed by atoms with Gasteiger partial charge in [0, 0.05) is 11.1 Å². The van der Waals surface area contributed by atoms with Crippen LogP contribution in [0.25, 0.3) is 0 Å². The topological polar surface area (TPSA) is 21.3 Å². The van der Waals surface area contributed by atoms with Gasteiger partial charge in [-0.2, -0.15) is 0 Å². The zero-order valence-corrected chi connectivity index (χ0v) is 11.8. The van der Waals surface area contributed by atoms with Crippen LogP contribution in [0.3, 0.4) is 0 Å². The van der Waals surface area contributed by atoms with Gasteiger partial charge >= 0.3 is 0 Å². The van der Waals surface area contributed by atoms with Crippen LogP contribution >= 0.6 is 11.6 Å². The number of ether oxygens (including phenoxy) is 1. The van der Waals surface area contributed by atoms with Gasteiger partial charge in [0.1, 0.15) is 5.75 Å². The summed E-state index contributed by atoms with van der Waals surface area (Å²) in [6.45, 7) is 3.98. The van der Waals surface area contributed by atoms with Crippen molar-refractivity contribution >= 4 is 11.6 Å². The molecule has 0 unspecified atom stereocenters. The summed E-state index contributed by atoms with van der Waals surface area (Å²) >= 11 is 5.90. The van der Waals surface area contributed by atoms with E-state index in [9.17, 15) is 0 Å². The number of hydrogen-bond acceptors (Lipinski definition) is 2. The third-order valence-corrected chi connectivity index (χ3v) is 3.46. The first-order valence-electron chi connectivity index (χ1n) is 6.88. The molecule has 1 saturated carbocycles. The van der Waals surface area contributed by atoms with Crippen molar-refractivity contribution in [3.05, 3.63) is 28.8 Å². The normalized spacial score (nSPS) is 14.8. The zero-order valence-electron chi connectivity index (χ0n) is 11.0. The van der Waals surface area contributed by atoms with Crippen LogP contribution in [0.2, 0.25) is 5.02 Å². The smallest absolute Gasteiger partial charge is 0.122 e. The second kappa shape index (κ2) is 7.01. The average Bonchev–Trinajstić information content (AvgIpc) is 3.14. The van der Waals surface area contributed by atoms with Crippen LogP contribution in [-0.4, -0.2) is 19.2 Å². The SMILES string of the molecule is Cc1cc(Cl)ccc1OCCCCCNC1CC1. The third kappa shape index (κ3) is 4.87. The number of aryl methyl sites for hydroxylation is 1. The highest BCUT2D eigenvalue weighted by Gasteiger charge is 2.19. The Morgan fingerprint density at radius 2 is 2.11 bits per heavy atom. The summed E-state index contributed by atoms with van der Waals surface area (Å²) in [5.41, 5.74) is 1.11. The van der Waals surface area contributed by atoms with E-state index < -0.39 is 0 Å². The molecule has 3 heteroatoms. The van der Waals surface area contributed by atoms with Crippen molar-refractivity contribution in [2.75, 3.05) is 13.2 Å². The van der Waals surface area contributed by atoms with E-state index in [4.69, 9.17) is 16.3 Å². The van der Waals surface area contributed by atoms with Gasteiger partial charge < -0.3 is 10.1 Å². The van der Waals surface area contributed by atoms with Crippen molar-refractivity contribution in [2.45, 2.75) is 45.1 Å². The second-order valence-electron chi connectivity index (χ2n) is 5.05. The van der Waals surface area contributed by atoms with Gasteiger partial charge in [0.2, 0.25) is 0 Å². The number of halogens is 1. The number of nitrogens with one attached hydrogen (secondary N) is 1. The van der Waals surface area contributed by atoms with E-state index in [0.717, 1.165) is 41.9 Å². The summed E-state index contributed by atoms with van der Waals surface area (Å²) < 4.78 is 5.75. The first kappa shape index (κ1) is 13.7. The van der Waals surface area contributed by atoms with Gasteiger partial charge in [-0.15, -0.1) is 0 Å². The molecule has 1 aliphatic carbocycles. The first-order chi connectivity index (χ1) is 8.75. The Balaban J connectivity index is 1.53. The lowest BCUT2D eigenvalue weighted by atomic mass is 10.2. The van der Waals surface area contributed by atoms with Crippen molar-refractivity contribution in [3.63, 3.8) is 0 Å². The fraction of sp³-hybridized carbons (Fsp3) is 0.600. The summed E-state index contributed by atoms with van der Waals surface area (Å²) in [5.74, 6) is 0.954. The van der Waals surface area contributed by atoms with Crippen LogP contribution in [0.1, 0.15) is 37.7 Å². The first-order valence-corrected chi connectivity index (χ1v) is 7.26. The lowest BCUT2D eigenvalue weighted by Gasteiger charge is -2.09. The highest BCUT2D eigenvalue weighted by Crippen LogP contribution is 2.22. The molecule has 0 atom stereocenters. The van der Waals surface area contributed by atoms with E-state index in [1.807, 2.05) is 25.1 Å². The van der Waals surface area contributed by atoms with Crippen LogP contribution in [-0.2, 0) is 0 Å². The second-order valence-corrected chi connectivity index (χ2v) is 5.48. The summed E-state index contributed by atoms with van der Waals surface area (Å²) in [7, 11) is 0. The Bertz CT molecular complexity index is 377. The molecule has 1 aromatic carbocycles. The Labute approximate surface area is 115 Å². The summed E-state index contributed by atoms with van der Waals surface area (Å²) in [4.78, 5) is 0. The van der Waals surface area contributed by atoms with E-state index in [-0.39, 0.29) is 0 Å². The lowest BCUT2D eigenvalue weighted by molar-refractivity contribution is 0.303. The molecule has 1 aromatic rings. The molecule has 0 radical (unpaired) electrons. The summed E-state index contributed by atoms with van der Waals surface area (Å²) in [5, 5.41) is 4.29. The monoisotopic (exact) mass is 267 g/mol. The Kier molecular flexibility index (Phi) is 5.33. The molecular formula is C15H22ClNO. The van der Waals surface area contributed by atoms with Gasteiger partial charge in [0.25, 0.3) is 0 Å². The van der Waals surface area contributed by atoms with Crippen molar-refractivity contribution in [1.29, 1.82) is 0 Å². The largest absolute Gasteiger partial charge is 0.493 e. The number of hydrogen-bond donors (Lipinski definition) is 1. The predicted octanol–water partition coefficient (Wildman–Crippen LogP) is 3.95. The van der Waals surface area contributed by atoms with E-state index >= 15 is 0 Å². The Morgan fingerprint density at radius 1 is 1.28 bits per heavy atom. The fourth-order valence-corrected chi connectivity index (χ4v) is 2.18. The van der Waals surface area contributed by atoms with Crippen LogP contribution < -0.4 is 10.1 Å². The molecule has 2 nitrogen and oxygen atoms in total. The average molecular weight is 268 g/mol. The van der Waals surface area contributed by atoms with Crippen LogP contribution in [0, 0.1) is 6.92 Å². The van der Waals surface area contributed by atoms with Gasteiger partial charge in [-0.3, -0.25) is 0 Å². The van der Waals surface area contributed by atoms with Crippen molar-refractivity contribution in [1.82, 2.24) is 5.32 Å². The van der Waals surface area contributed by atoms with Crippen molar-refractivity contribution < 1.29 is 4.74 Å². The van der Waals surface area contributed by atoms with E-state index in [0.29, 0.717) is 0 Å². The Morgan fingerprint density at radius 3 is 2.83 bits per heavy atom. The molecule has 0 amide bonds. The molecule has 1 fully saturated rings. The van der Waals surface area contributed by atoms with Gasteiger partial charge in [0.15, 0.2) is 0 Å². The van der Waals surface area contributed by atoms with Crippen molar-refractivity contribution in [3.8, 4) is 5.75 Å². The maximum Gasteiger partial charge on any atom is 0.122 e. The molecular weight excluding hydrogens is 246 g/mol. The summed E-state index contributed by atoms with van der Waals surface area (Å²) in [6, 6.07) is 6.60. The van der Waals surface area contributed by atoms with Gasteiger partial charge in [-0.1, -0.05) is 11.6 Å². The molecule has 1 aliphatic rings. The molecule has 0 aliphatic heterocycles. The highest BCUT2D eigenvalue weighted by atomic mass is 35.5. The molecule has 100 valence electrons. The minimum atomic E-state index is 0.769. The minimum absolute atomic E-state index is 0.769. The third-order valence-electron chi connectivity index (χ3n) is 3.23. The summed E-state index contributed by atoms with van der Waals surface area (Å²) in [6.07, 6.45) is 6.35. The molecule has 18 heavy (non-hydrogen) atoms. The predicted molar refractivity (Wildman–Crippen MR) is 76.6 cm³/mol. The molecule has 0 spiro atoms. The van der Waals surface area contributed by atoms with E-state index in [1.165, 1.54) is 25.7 Å². The minimum Gasteiger partial charge on any atom is -0.493 e. The fourth-order valence-electron chi connectivity index (χ4n) is 1.95. The maximum atomic E-state index is 5.90. The number of benzene rings is 1. The molecule has 2 rings (SSSR count). The van der Waals surface area contributed by atoms with Crippen LogP contribution in [0.5, 0.6) is 5.75 Å². The lowest BCUT2D eigenvalue weighted by Crippen LogP contribution is -2.17. The number of rotatable bonds is 8. The molecule has 0 bridgehead atoms. The van der Waals surface area contributed by atoms with E-state index in [1.54, 1.807) is 0 Å². The molecule has 1 N–H and O–H groups in total. The van der Waals surface area contributed by atoms with Gasteiger partial charge in [-0.25, -0.2) is 0 Å². The maximum absolute atomic E-state index is 5.90. The quantitative estimate of drug-likeness (QED) is 0.720. The van der Waals surface area contributed by atoms with Crippen molar-refractivity contribution in [2.24, 2.45) is 0 Å². The van der Waals surface area contributed by atoms with Gasteiger partial charge in [-0.05, 0) is 69.3 Å². The van der Waals surface area contributed by atoms with E-state index in [2.05, 4.69) is 5.32 Å². The highest BCUT2D eigenvalue weighted by molar-refractivity contribution is 6.30. The zero-order chi connectivity index (χ0) is 12.8.